The van der Waals surface area contributed by atoms with Gasteiger partial charge in [0.15, 0.2) is 17.7 Å². The van der Waals surface area contributed by atoms with Crippen LogP contribution in [0.5, 0.6) is 5.75 Å². The number of nitrogens with zero attached hydrogens (tertiary/aromatic N) is 1. The van der Waals surface area contributed by atoms with E-state index in [1.807, 2.05) is 65.8 Å². The molecule has 0 saturated carbocycles. The molecule has 2 heterocycles. The molecule has 1 amide bonds. The summed E-state index contributed by atoms with van der Waals surface area (Å²) in [5, 5.41) is 10.4. The van der Waals surface area contributed by atoms with E-state index in [1.54, 1.807) is 11.0 Å². The van der Waals surface area contributed by atoms with E-state index in [-0.39, 0.29) is 11.7 Å². The molecule has 2 aliphatic heterocycles. The molecule has 0 unspecified atom stereocenters. The topological polar surface area (TPSA) is 76.1 Å². The van der Waals surface area contributed by atoms with Crippen LogP contribution in [0.3, 0.4) is 0 Å². The van der Waals surface area contributed by atoms with Crippen molar-refractivity contribution < 1.29 is 28.6 Å². The van der Waals surface area contributed by atoms with Crippen molar-refractivity contribution in [2.24, 2.45) is 0 Å². The molecule has 0 radical (unpaired) electrons. The first-order valence-electron chi connectivity index (χ1n) is 13.8. The van der Waals surface area contributed by atoms with Crippen molar-refractivity contribution in [1.82, 2.24) is 0 Å². The van der Waals surface area contributed by atoms with Gasteiger partial charge in [0.25, 0.3) is 5.91 Å². The van der Waals surface area contributed by atoms with Crippen LogP contribution in [0.25, 0.3) is 11.1 Å². The molecule has 40 heavy (non-hydrogen) atoms. The highest BCUT2D eigenvalue weighted by atomic mass is 19.1. The summed E-state index contributed by atoms with van der Waals surface area (Å²) in [5.74, 6) is -1.44. The summed E-state index contributed by atoms with van der Waals surface area (Å²) in [7, 11) is 0. The van der Waals surface area contributed by atoms with E-state index in [9.17, 15) is 14.7 Å². The molecule has 0 saturated heterocycles. The number of aliphatic carboxylic acids is 1. The molecule has 5 rings (SSSR count). The minimum Gasteiger partial charge on any atom is -0.490 e. The number of benzene rings is 3. The molecule has 0 spiro atoms. The number of rotatable bonds is 5. The number of amides is 1. The number of halogens is 1. The third-order valence-electron chi connectivity index (χ3n) is 7.71. The Kier molecular flexibility index (Phi) is 7.21. The molecule has 7 heteroatoms. The molecular formula is C33H36FNO5. The molecule has 0 fully saturated rings. The predicted octanol–water partition coefficient (Wildman–Crippen LogP) is 6.89. The van der Waals surface area contributed by atoms with Gasteiger partial charge in [-0.25, -0.2) is 9.18 Å². The Morgan fingerprint density at radius 2 is 1.82 bits per heavy atom. The van der Waals surface area contributed by atoms with Crippen LogP contribution in [0.2, 0.25) is 0 Å². The Labute approximate surface area is 234 Å². The standard InChI is InChI=1S/C33H36FNO5/c1-18-9-7-10-21(15-18)31(36)35-13-12-23-26(35)16-19(2)27(30(32(37)38)40-33(4,5)6)28(23)24-17-25(34)29-22(20(24)3)11-8-14-39-29/h7,9-10,15-17,30H,8,11-14H2,1-6H3,(H,37,38)/t30-/m0/s1. The lowest BCUT2D eigenvalue weighted by molar-refractivity contribution is -0.160. The van der Waals surface area contributed by atoms with Crippen LogP contribution in [-0.4, -0.2) is 35.7 Å². The number of hydrogen-bond donors (Lipinski definition) is 1. The van der Waals surface area contributed by atoms with Gasteiger partial charge in [-0.3, -0.25) is 4.79 Å². The second-order valence-electron chi connectivity index (χ2n) is 11.8. The normalized spacial score (nSPS) is 15.3. The van der Waals surface area contributed by atoms with Crippen LogP contribution in [0.1, 0.15) is 77.0 Å². The first kappa shape index (κ1) is 27.8. The van der Waals surface area contributed by atoms with Gasteiger partial charge < -0.3 is 19.5 Å². The minimum atomic E-state index is -1.28. The van der Waals surface area contributed by atoms with Crippen LogP contribution in [0.4, 0.5) is 10.1 Å². The summed E-state index contributed by atoms with van der Waals surface area (Å²) in [6, 6.07) is 10.8. The van der Waals surface area contributed by atoms with Crippen LogP contribution in [-0.2, 0) is 22.4 Å². The van der Waals surface area contributed by atoms with Crippen LogP contribution in [0, 0.1) is 26.6 Å². The Hall–Kier alpha value is -3.71. The molecule has 0 aliphatic carbocycles. The molecule has 0 bridgehead atoms. The summed E-state index contributed by atoms with van der Waals surface area (Å²) in [4.78, 5) is 28.1. The third kappa shape index (κ3) is 4.99. The summed E-state index contributed by atoms with van der Waals surface area (Å²) in [6.07, 6.45) is 0.677. The van der Waals surface area contributed by atoms with Gasteiger partial charge in [0.05, 0.1) is 12.2 Å². The van der Waals surface area contributed by atoms with Crippen molar-refractivity contribution in [3.63, 3.8) is 0 Å². The number of fused-ring (bicyclic) bond motifs is 2. The first-order valence-corrected chi connectivity index (χ1v) is 13.8. The van der Waals surface area contributed by atoms with Crippen LogP contribution >= 0.6 is 0 Å². The van der Waals surface area contributed by atoms with E-state index in [4.69, 9.17) is 9.47 Å². The average Bonchev–Trinajstić information content (AvgIpc) is 3.31. The maximum absolute atomic E-state index is 15.5. The molecular weight excluding hydrogens is 509 g/mol. The summed E-state index contributed by atoms with van der Waals surface area (Å²) >= 11 is 0. The zero-order valence-corrected chi connectivity index (χ0v) is 24.0. The maximum Gasteiger partial charge on any atom is 0.337 e. The molecule has 1 N–H and O–H groups in total. The predicted molar refractivity (Wildman–Crippen MR) is 153 cm³/mol. The third-order valence-corrected chi connectivity index (χ3v) is 7.71. The van der Waals surface area contributed by atoms with Gasteiger partial charge in [-0.15, -0.1) is 0 Å². The van der Waals surface area contributed by atoms with Crippen LogP contribution in [0.15, 0.2) is 36.4 Å². The lowest BCUT2D eigenvalue weighted by Crippen LogP contribution is -2.29. The van der Waals surface area contributed by atoms with Gasteiger partial charge in [0, 0.05) is 28.9 Å². The van der Waals surface area contributed by atoms with Crippen molar-refractivity contribution in [2.75, 3.05) is 18.1 Å². The van der Waals surface area contributed by atoms with Crippen molar-refractivity contribution in [3.05, 3.63) is 81.2 Å². The quantitative estimate of drug-likeness (QED) is 0.378. The van der Waals surface area contributed by atoms with E-state index in [1.165, 1.54) is 6.07 Å². The Morgan fingerprint density at radius 1 is 1.07 bits per heavy atom. The molecule has 1 atom stereocenters. The van der Waals surface area contributed by atoms with Crippen molar-refractivity contribution in [2.45, 2.75) is 72.5 Å². The number of carboxylic acid groups (broad SMARTS) is 1. The Morgan fingerprint density at radius 3 is 2.50 bits per heavy atom. The molecule has 3 aromatic carbocycles. The van der Waals surface area contributed by atoms with Gasteiger partial charge in [0.2, 0.25) is 0 Å². The average molecular weight is 546 g/mol. The number of aryl methyl sites for hydroxylation is 2. The fourth-order valence-electron chi connectivity index (χ4n) is 5.99. The van der Waals surface area contributed by atoms with Crippen molar-refractivity contribution >= 4 is 17.6 Å². The first-order chi connectivity index (χ1) is 18.9. The number of hydrogen-bond acceptors (Lipinski definition) is 4. The zero-order valence-electron chi connectivity index (χ0n) is 24.0. The van der Waals surface area contributed by atoms with E-state index >= 15 is 4.39 Å². The second kappa shape index (κ2) is 10.4. The van der Waals surface area contributed by atoms with E-state index in [0.29, 0.717) is 53.8 Å². The molecule has 0 aromatic heterocycles. The highest BCUT2D eigenvalue weighted by Gasteiger charge is 2.37. The molecule has 6 nitrogen and oxygen atoms in total. The zero-order chi connectivity index (χ0) is 28.9. The largest absolute Gasteiger partial charge is 0.490 e. The van der Waals surface area contributed by atoms with Crippen molar-refractivity contribution in [3.8, 4) is 16.9 Å². The van der Waals surface area contributed by atoms with E-state index < -0.39 is 23.5 Å². The summed E-state index contributed by atoms with van der Waals surface area (Å²) < 4.78 is 27.4. The minimum absolute atomic E-state index is 0.122. The molecule has 3 aromatic rings. The number of anilines is 1. The highest BCUT2D eigenvalue weighted by molar-refractivity contribution is 6.08. The maximum atomic E-state index is 15.5. The van der Waals surface area contributed by atoms with Gasteiger partial charge in [-0.1, -0.05) is 17.7 Å². The van der Waals surface area contributed by atoms with Gasteiger partial charge >= 0.3 is 5.97 Å². The number of carbonyl (C=O) groups excluding carboxylic acids is 1. The smallest absolute Gasteiger partial charge is 0.337 e. The Balaban J connectivity index is 1.78. The highest BCUT2D eigenvalue weighted by Crippen LogP contribution is 2.47. The van der Waals surface area contributed by atoms with Gasteiger partial charge in [-0.2, -0.15) is 0 Å². The fraction of sp³-hybridized carbons (Fsp3) is 0.394. The Bertz CT molecular complexity index is 1520. The van der Waals surface area contributed by atoms with Crippen LogP contribution < -0.4 is 9.64 Å². The number of ether oxygens (including phenoxy) is 2. The summed E-state index contributed by atoms with van der Waals surface area (Å²) in [5.41, 5.74) is 6.44. The lowest BCUT2D eigenvalue weighted by atomic mass is 9.83. The second-order valence-corrected chi connectivity index (χ2v) is 11.8. The van der Waals surface area contributed by atoms with E-state index in [2.05, 4.69) is 0 Å². The molecule has 210 valence electrons. The van der Waals surface area contributed by atoms with Crippen molar-refractivity contribution in [1.29, 1.82) is 0 Å². The van der Waals surface area contributed by atoms with Gasteiger partial charge in [0.1, 0.15) is 0 Å². The van der Waals surface area contributed by atoms with Gasteiger partial charge in [-0.05, 0) is 113 Å². The monoisotopic (exact) mass is 545 g/mol. The molecule has 2 aliphatic rings. The number of carbonyl (C=O) groups is 2. The summed E-state index contributed by atoms with van der Waals surface area (Å²) in [6.45, 7) is 12.1. The SMILES string of the molecule is Cc1cccc(C(=O)N2CCc3c2cc(C)c([C@H](OC(C)(C)C)C(=O)O)c3-c2cc(F)c3c(c2C)CCCO3)c1. The fourth-order valence-corrected chi connectivity index (χ4v) is 5.99. The van der Waals surface area contributed by atoms with E-state index in [0.717, 1.165) is 34.4 Å². The number of carboxylic acids is 1. The lowest BCUT2D eigenvalue weighted by Gasteiger charge is -2.30.